The number of aldehydes is 1. The molecule has 3 nitrogen and oxygen atoms in total. The molecule has 0 heterocycles. The third-order valence-corrected chi connectivity index (χ3v) is 2.31. The Labute approximate surface area is 67.9 Å². The largest absolute Gasteiger partial charge is 0.367 e. The van der Waals surface area contributed by atoms with Crippen LogP contribution < -0.4 is 0 Å². The maximum absolute atomic E-state index is 10.9. The summed E-state index contributed by atoms with van der Waals surface area (Å²) >= 11 is 0. The molecule has 1 atom stereocenters. The summed E-state index contributed by atoms with van der Waals surface area (Å²) in [7, 11) is -1.30. The van der Waals surface area contributed by atoms with Crippen molar-refractivity contribution in [3.05, 3.63) is 0 Å². The first-order valence-corrected chi connectivity index (χ1v) is 5.37. The molecule has 0 aliphatic carbocycles. The van der Waals surface area contributed by atoms with Crippen molar-refractivity contribution in [1.82, 2.24) is 0 Å². The first-order valence-electron chi connectivity index (χ1n) is 3.74. The van der Waals surface area contributed by atoms with E-state index in [2.05, 4.69) is 0 Å². The van der Waals surface area contributed by atoms with Crippen molar-refractivity contribution in [3.8, 4) is 0 Å². The molecule has 4 heteroatoms. The van der Waals surface area contributed by atoms with Crippen molar-refractivity contribution in [2.45, 2.75) is 19.8 Å². The Kier molecular flexibility index (Phi) is 7.64. The van der Waals surface area contributed by atoms with Crippen LogP contribution in [0.4, 0.5) is 0 Å². The third-order valence-electron chi connectivity index (χ3n) is 1.08. The Hall–Kier alpha value is -0.270. The highest BCUT2D eigenvalue weighted by Crippen LogP contribution is 2.20. The van der Waals surface area contributed by atoms with Crippen LogP contribution in [0.5, 0.6) is 0 Å². The molecule has 1 unspecified atom stereocenters. The zero-order chi connectivity index (χ0) is 8.53. The van der Waals surface area contributed by atoms with Crippen molar-refractivity contribution < 1.29 is 14.1 Å². The minimum Gasteiger partial charge on any atom is -0.337 e. The van der Waals surface area contributed by atoms with Crippen LogP contribution in [0.3, 0.4) is 0 Å². The second-order valence-corrected chi connectivity index (χ2v) is 3.87. The summed E-state index contributed by atoms with van der Waals surface area (Å²) < 4.78 is 16.0. The third kappa shape index (κ3) is 7.63. The van der Waals surface area contributed by atoms with Crippen LogP contribution in [0.2, 0.25) is 0 Å². The van der Waals surface area contributed by atoms with Gasteiger partial charge in [0.15, 0.2) is 6.16 Å². The van der Waals surface area contributed by atoms with E-state index in [0.29, 0.717) is 25.5 Å². The molecule has 0 saturated carbocycles. The Balaban J connectivity index is 3.15. The van der Waals surface area contributed by atoms with Crippen LogP contribution in [0.1, 0.15) is 19.8 Å². The first-order chi connectivity index (χ1) is 5.31. The van der Waals surface area contributed by atoms with Gasteiger partial charge in [0, 0.05) is 6.42 Å². The van der Waals surface area contributed by atoms with Crippen molar-refractivity contribution in [1.29, 1.82) is 0 Å². The summed E-state index contributed by atoms with van der Waals surface area (Å²) in [6, 6.07) is 0. The molecule has 64 valence electrons. The zero-order valence-corrected chi connectivity index (χ0v) is 7.68. The van der Waals surface area contributed by atoms with Crippen LogP contribution in [0, 0.1) is 0 Å². The smallest absolute Gasteiger partial charge is 0.337 e. The zero-order valence-electron chi connectivity index (χ0n) is 6.78. The second kappa shape index (κ2) is 7.83. The average molecular weight is 177 g/mol. The van der Waals surface area contributed by atoms with Crippen LogP contribution in [-0.2, 0) is 14.1 Å². The first kappa shape index (κ1) is 10.7. The number of hydrogen-bond donors (Lipinski definition) is 0. The van der Waals surface area contributed by atoms with E-state index in [0.717, 1.165) is 12.7 Å². The molecule has 0 aromatic rings. The fraction of sp³-hybridized carbons (Fsp3) is 0.857. The van der Waals surface area contributed by atoms with Gasteiger partial charge in [-0.05, 0) is 6.42 Å². The molecule has 11 heavy (non-hydrogen) atoms. The van der Waals surface area contributed by atoms with Gasteiger partial charge in [-0.3, -0.25) is 0 Å². The van der Waals surface area contributed by atoms with Crippen molar-refractivity contribution >= 4 is 14.1 Å². The fourth-order valence-corrected chi connectivity index (χ4v) is 1.43. The van der Waals surface area contributed by atoms with Gasteiger partial charge in [-0.15, -0.1) is 0 Å². The van der Waals surface area contributed by atoms with E-state index >= 15 is 0 Å². The summed E-state index contributed by atoms with van der Waals surface area (Å²) in [6.07, 6.45) is 2.87. The molecule has 0 amide bonds. The minimum atomic E-state index is -1.30. The normalized spacial score (nSPS) is 11.2. The molecule has 0 saturated heterocycles. The predicted molar refractivity (Wildman–Crippen MR) is 44.3 cm³/mol. The maximum atomic E-state index is 10.9. The number of carbonyl (C=O) groups is 1. The molecule has 0 rings (SSSR count). The number of ether oxygens (including phenoxy) is 1. The quantitative estimate of drug-likeness (QED) is 0.338. The van der Waals surface area contributed by atoms with Crippen molar-refractivity contribution in [3.63, 3.8) is 0 Å². The van der Waals surface area contributed by atoms with E-state index in [1.165, 1.54) is 0 Å². The molecule has 0 aromatic carbocycles. The monoisotopic (exact) mass is 177 g/mol. The van der Waals surface area contributed by atoms with Gasteiger partial charge in [-0.25, -0.2) is 0 Å². The lowest BCUT2D eigenvalue weighted by Crippen LogP contribution is -1.93. The highest BCUT2D eigenvalue weighted by molar-refractivity contribution is 7.44. The number of hydrogen-bond acceptors (Lipinski definition) is 3. The topological polar surface area (TPSA) is 43.4 Å². The minimum absolute atomic E-state index is 0.303. The summed E-state index contributed by atoms with van der Waals surface area (Å²) in [5.74, 6) is 0. The van der Waals surface area contributed by atoms with Gasteiger partial charge < -0.3 is 9.53 Å². The van der Waals surface area contributed by atoms with Gasteiger partial charge in [-0.2, -0.15) is 0 Å². The Morgan fingerprint density at radius 3 is 2.82 bits per heavy atom. The van der Waals surface area contributed by atoms with Crippen LogP contribution in [0.25, 0.3) is 0 Å². The molecule has 0 aliphatic heterocycles. The van der Waals surface area contributed by atoms with Gasteiger partial charge >= 0.3 is 7.80 Å². The van der Waals surface area contributed by atoms with Crippen molar-refractivity contribution in [2.24, 2.45) is 0 Å². The van der Waals surface area contributed by atoms with Gasteiger partial charge in [-0.1, -0.05) is 11.5 Å². The van der Waals surface area contributed by atoms with E-state index in [9.17, 15) is 9.36 Å². The van der Waals surface area contributed by atoms with Crippen LogP contribution in [-0.4, -0.2) is 25.4 Å². The molecule has 0 radical (unpaired) electrons. The second-order valence-electron chi connectivity index (χ2n) is 2.20. The summed E-state index contributed by atoms with van der Waals surface area (Å²) in [6.45, 7) is 2.65. The SMILES string of the molecule is CCCOC[P+](=O)CCC=O. The van der Waals surface area contributed by atoms with Gasteiger partial charge in [0.2, 0.25) is 6.35 Å². The van der Waals surface area contributed by atoms with Crippen LogP contribution >= 0.6 is 7.80 Å². The summed E-state index contributed by atoms with van der Waals surface area (Å²) in [5.41, 5.74) is 0. The van der Waals surface area contributed by atoms with E-state index in [1.807, 2.05) is 6.92 Å². The number of rotatable bonds is 7. The van der Waals surface area contributed by atoms with E-state index in [1.54, 1.807) is 0 Å². The average Bonchev–Trinajstić information content (AvgIpc) is 2.01. The molecule has 0 spiro atoms. The molecular formula is C7H14O3P+. The molecule has 0 fully saturated rings. The lowest BCUT2D eigenvalue weighted by Gasteiger charge is -1.91. The standard InChI is InChI=1S/C7H14O3P/c1-2-5-10-7-11(9)6-3-4-8/h4H,2-3,5-7H2,1H3/q+1. The van der Waals surface area contributed by atoms with E-state index < -0.39 is 7.80 Å². The highest BCUT2D eigenvalue weighted by Gasteiger charge is 2.13. The molecule has 0 aromatic heterocycles. The van der Waals surface area contributed by atoms with Gasteiger partial charge in [0.25, 0.3) is 0 Å². The Morgan fingerprint density at radius 1 is 1.55 bits per heavy atom. The predicted octanol–water partition coefficient (Wildman–Crippen LogP) is 1.79. The van der Waals surface area contributed by atoms with Crippen molar-refractivity contribution in [2.75, 3.05) is 19.1 Å². The molecular weight excluding hydrogens is 163 g/mol. The van der Waals surface area contributed by atoms with Gasteiger partial charge in [0.05, 0.1) is 6.61 Å². The maximum Gasteiger partial charge on any atom is 0.367 e. The Bertz CT molecular complexity index is 125. The highest BCUT2D eigenvalue weighted by atomic mass is 31.1. The van der Waals surface area contributed by atoms with Crippen LogP contribution in [0.15, 0.2) is 0 Å². The summed E-state index contributed by atoms with van der Waals surface area (Å²) in [5, 5.41) is 0. The molecule has 0 aliphatic rings. The lowest BCUT2D eigenvalue weighted by molar-refractivity contribution is -0.107. The molecule has 0 N–H and O–H groups in total. The lowest BCUT2D eigenvalue weighted by atomic mass is 10.5. The molecule has 0 bridgehead atoms. The fourth-order valence-electron chi connectivity index (χ4n) is 0.572. The summed E-state index contributed by atoms with van der Waals surface area (Å²) in [4.78, 5) is 9.87. The number of carbonyl (C=O) groups excluding carboxylic acids is 1. The van der Waals surface area contributed by atoms with Gasteiger partial charge in [0.1, 0.15) is 6.29 Å². The van der Waals surface area contributed by atoms with E-state index in [4.69, 9.17) is 4.74 Å². The Morgan fingerprint density at radius 2 is 2.27 bits per heavy atom. The van der Waals surface area contributed by atoms with E-state index in [-0.39, 0.29) is 0 Å².